The monoisotopic (exact) mass is 218 g/mol. The zero-order chi connectivity index (χ0) is 11.4. The van der Waals surface area contributed by atoms with Crippen molar-refractivity contribution in [3.05, 3.63) is 24.3 Å². The molecule has 1 unspecified atom stereocenters. The summed E-state index contributed by atoms with van der Waals surface area (Å²) in [5.74, 6) is 1.61. The van der Waals surface area contributed by atoms with Crippen molar-refractivity contribution in [3.63, 3.8) is 0 Å². The van der Waals surface area contributed by atoms with Gasteiger partial charge >= 0.3 is 0 Å². The van der Waals surface area contributed by atoms with Gasteiger partial charge < -0.3 is 9.64 Å². The molecule has 1 aliphatic heterocycles. The maximum atomic E-state index is 5.25. The maximum Gasteiger partial charge on any atom is 0.144 e. The van der Waals surface area contributed by atoms with Gasteiger partial charge in [0.25, 0.3) is 0 Å². The number of rotatable bonds is 3. The molecule has 1 aromatic rings. The molecule has 0 bridgehead atoms. The van der Waals surface area contributed by atoms with Gasteiger partial charge in [-0.1, -0.05) is 19.1 Å². The lowest BCUT2D eigenvalue weighted by Gasteiger charge is -2.10. The van der Waals surface area contributed by atoms with Crippen LogP contribution >= 0.6 is 0 Å². The molecule has 1 atom stereocenters. The number of methoxy groups -OCH3 is 1. The van der Waals surface area contributed by atoms with Crippen molar-refractivity contribution in [2.75, 3.05) is 20.2 Å². The number of ether oxygens (including phenoxy) is 1. The van der Waals surface area contributed by atoms with Crippen LogP contribution in [-0.4, -0.2) is 31.4 Å². The van der Waals surface area contributed by atoms with Crippen LogP contribution < -0.4 is 4.74 Å². The smallest absolute Gasteiger partial charge is 0.144 e. The molecule has 1 heterocycles. The second-order valence-electron chi connectivity index (χ2n) is 4.31. The molecule has 2 rings (SSSR count). The highest BCUT2D eigenvalue weighted by atomic mass is 16.5. The molecule has 0 saturated carbocycles. The molecule has 0 spiro atoms. The normalized spacial score (nSPS) is 20.6. The molecule has 0 radical (unpaired) electrons. The minimum absolute atomic E-state index is 0.782. The Hall–Kier alpha value is -1.51. The molecule has 1 aliphatic rings. The van der Waals surface area contributed by atoms with E-state index in [1.165, 1.54) is 6.42 Å². The minimum atomic E-state index is 0.782. The SMILES string of the molecule is COc1ccccc1N=CN1CCC(C)C1. The third-order valence-corrected chi connectivity index (χ3v) is 2.90. The fourth-order valence-electron chi connectivity index (χ4n) is 1.95. The van der Waals surface area contributed by atoms with Crippen molar-refractivity contribution in [1.82, 2.24) is 4.90 Å². The van der Waals surface area contributed by atoms with E-state index in [0.29, 0.717) is 0 Å². The van der Waals surface area contributed by atoms with Crippen molar-refractivity contribution in [2.24, 2.45) is 10.9 Å². The fraction of sp³-hybridized carbons (Fsp3) is 0.462. The molecular weight excluding hydrogens is 200 g/mol. The fourth-order valence-corrected chi connectivity index (χ4v) is 1.95. The van der Waals surface area contributed by atoms with Crippen LogP contribution in [0.5, 0.6) is 5.75 Å². The maximum absolute atomic E-state index is 5.25. The van der Waals surface area contributed by atoms with E-state index >= 15 is 0 Å². The van der Waals surface area contributed by atoms with E-state index in [2.05, 4.69) is 16.8 Å². The molecule has 16 heavy (non-hydrogen) atoms. The lowest BCUT2D eigenvalue weighted by atomic mass is 10.2. The second kappa shape index (κ2) is 5.01. The van der Waals surface area contributed by atoms with Gasteiger partial charge in [-0.25, -0.2) is 4.99 Å². The van der Waals surface area contributed by atoms with E-state index in [1.54, 1.807) is 7.11 Å². The number of nitrogens with zero attached hydrogens (tertiary/aromatic N) is 2. The van der Waals surface area contributed by atoms with Gasteiger partial charge in [0.05, 0.1) is 13.4 Å². The highest BCUT2D eigenvalue weighted by molar-refractivity contribution is 5.65. The highest BCUT2D eigenvalue weighted by Gasteiger charge is 2.15. The molecule has 3 heteroatoms. The molecule has 0 aromatic heterocycles. The molecule has 3 nitrogen and oxygen atoms in total. The van der Waals surface area contributed by atoms with E-state index < -0.39 is 0 Å². The summed E-state index contributed by atoms with van der Waals surface area (Å²) >= 11 is 0. The Morgan fingerprint density at radius 3 is 2.94 bits per heavy atom. The van der Waals surface area contributed by atoms with Crippen LogP contribution in [0, 0.1) is 5.92 Å². The van der Waals surface area contributed by atoms with Gasteiger partial charge in [0, 0.05) is 13.1 Å². The molecule has 86 valence electrons. The first-order chi connectivity index (χ1) is 7.79. The van der Waals surface area contributed by atoms with Crippen molar-refractivity contribution in [1.29, 1.82) is 0 Å². The topological polar surface area (TPSA) is 24.8 Å². The summed E-state index contributed by atoms with van der Waals surface area (Å²) in [5, 5.41) is 0. The lowest BCUT2D eigenvalue weighted by molar-refractivity contribution is 0.416. The van der Waals surface area contributed by atoms with Crippen molar-refractivity contribution >= 4 is 12.0 Å². The van der Waals surface area contributed by atoms with Gasteiger partial charge in [-0.15, -0.1) is 0 Å². The molecule has 0 N–H and O–H groups in total. The summed E-state index contributed by atoms with van der Waals surface area (Å²) in [4.78, 5) is 6.73. The zero-order valence-electron chi connectivity index (χ0n) is 9.89. The third kappa shape index (κ3) is 2.54. The van der Waals surface area contributed by atoms with Crippen LogP contribution in [0.1, 0.15) is 13.3 Å². The lowest BCUT2D eigenvalue weighted by Crippen LogP contribution is -2.17. The van der Waals surface area contributed by atoms with Gasteiger partial charge in [0.1, 0.15) is 11.4 Å². The van der Waals surface area contributed by atoms with Crippen LogP contribution in [-0.2, 0) is 0 Å². The van der Waals surface area contributed by atoms with Crippen molar-refractivity contribution < 1.29 is 4.74 Å². The van der Waals surface area contributed by atoms with Gasteiger partial charge in [0.2, 0.25) is 0 Å². The van der Waals surface area contributed by atoms with Gasteiger partial charge in [-0.3, -0.25) is 0 Å². The first kappa shape index (κ1) is 11.0. The predicted octanol–water partition coefficient (Wildman–Crippen LogP) is 2.70. The summed E-state index contributed by atoms with van der Waals surface area (Å²) in [5.41, 5.74) is 0.893. The largest absolute Gasteiger partial charge is 0.494 e. The summed E-state index contributed by atoms with van der Waals surface area (Å²) in [6, 6.07) is 7.83. The minimum Gasteiger partial charge on any atom is -0.494 e. The Kier molecular flexibility index (Phi) is 3.44. The predicted molar refractivity (Wildman–Crippen MR) is 66.5 cm³/mol. The molecule has 1 aromatic carbocycles. The van der Waals surface area contributed by atoms with Crippen LogP contribution in [0.25, 0.3) is 0 Å². The third-order valence-electron chi connectivity index (χ3n) is 2.90. The van der Waals surface area contributed by atoms with Crippen molar-refractivity contribution in [2.45, 2.75) is 13.3 Å². The summed E-state index contributed by atoms with van der Waals surface area (Å²) in [6.45, 7) is 4.50. The molecular formula is C13H18N2O. The summed E-state index contributed by atoms with van der Waals surface area (Å²) in [6.07, 6.45) is 3.19. The number of aliphatic imine (C=N–C) groups is 1. The van der Waals surface area contributed by atoms with Gasteiger partial charge in [0.15, 0.2) is 0 Å². The summed E-state index contributed by atoms with van der Waals surface area (Å²) < 4.78 is 5.25. The number of hydrogen-bond acceptors (Lipinski definition) is 2. The van der Waals surface area contributed by atoms with E-state index in [-0.39, 0.29) is 0 Å². The molecule has 0 amide bonds. The van der Waals surface area contributed by atoms with Crippen LogP contribution in [0.15, 0.2) is 29.3 Å². The Balaban J connectivity index is 2.05. The molecule has 1 saturated heterocycles. The second-order valence-corrected chi connectivity index (χ2v) is 4.31. The van der Waals surface area contributed by atoms with E-state index in [0.717, 1.165) is 30.4 Å². The molecule has 0 aliphatic carbocycles. The van der Waals surface area contributed by atoms with Crippen molar-refractivity contribution in [3.8, 4) is 5.75 Å². The number of para-hydroxylation sites is 2. The first-order valence-corrected chi connectivity index (χ1v) is 5.71. The Bertz CT molecular complexity index is 376. The Labute approximate surface area is 96.7 Å². The quantitative estimate of drug-likeness (QED) is 0.575. The van der Waals surface area contributed by atoms with Gasteiger partial charge in [-0.2, -0.15) is 0 Å². The zero-order valence-corrected chi connectivity index (χ0v) is 9.89. The number of hydrogen-bond donors (Lipinski definition) is 0. The average Bonchev–Trinajstić information content (AvgIpc) is 2.73. The van der Waals surface area contributed by atoms with Crippen LogP contribution in [0.4, 0.5) is 5.69 Å². The van der Waals surface area contributed by atoms with E-state index in [4.69, 9.17) is 4.74 Å². The molecule has 1 fully saturated rings. The Morgan fingerprint density at radius 1 is 1.44 bits per heavy atom. The Morgan fingerprint density at radius 2 is 2.25 bits per heavy atom. The van der Waals surface area contributed by atoms with Gasteiger partial charge in [-0.05, 0) is 24.5 Å². The first-order valence-electron chi connectivity index (χ1n) is 5.71. The summed E-state index contributed by atoms with van der Waals surface area (Å²) in [7, 11) is 1.67. The average molecular weight is 218 g/mol. The number of benzene rings is 1. The standard InChI is InChI=1S/C13H18N2O/c1-11-7-8-15(9-11)10-14-12-5-3-4-6-13(12)16-2/h3-6,10-11H,7-9H2,1-2H3. The van der Waals surface area contributed by atoms with E-state index in [9.17, 15) is 0 Å². The van der Waals surface area contributed by atoms with E-state index in [1.807, 2.05) is 30.6 Å². The van der Waals surface area contributed by atoms with Crippen LogP contribution in [0.3, 0.4) is 0 Å². The number of likely N-dealkylation sites (tertiary alicyclic amines) is 1. The van der Waals surface area contributed by atoms with Crippen LogP contribution in [0.2, 0.25) is 0 Å². The highest BCUT2D eigenvalue weighted by Crippen LogP contribution is 2.26.